The van der Waals surface area contributed by atoms with Crippen LogP contribution in [0.1, 0.15) is 23.4 Å². The summed E-state index contributed by atoms with van der Waals surface area (Å²) in [6.07, 6.45) is 1.80. The van der Waals surface area contributed by atoms with E-state index in [2.05, 4.69) is 10.6 Å². The van der Waals surface area contributed by atoms with Gasteiger partial charge in [-0.25, -0.2) is 0 Å². The molecule has 1 aliphatic heterocycles. The quantitative estimate of drug-likeness (QED) is 0.597. The summed E-state index contributed by atoms with van der Waals surface area (Å²) >= 11 is 0. The first-order valence-corrected chi connectivity index (χ1v) is 6.78. The third kappa shape index (κ3) is 3.79. The molecule has 1 fully saturated rings. The lowest BCUT2D eigenvalue weighted by Crippen LogP contribution is -2.47. The number of nitro groups is 1. The second-order valence-corrected chi connectivity index (χ2v) is 5.26. The maximum absolute atomic E-state index is 12.0. The van der Waals surface area contributed by atoms with Gasteiger partial charge in [0.15, 0.2) is 5.76 Å². The molecule has 1 amide bonds. The van der Waals surface area contributed by atoms with Crippen LogP contribution >= 0.6 is 0 Å². The monoisotopic (exact) mass is 297 g/mol. The summed E-state index contributed by atoms with van der Waals surface area (Å²) in [4.78, 5) is 21.9. The topological polar surface area (TPSA) is 107 Å². The highest BCUT2D eigenvalue weighted by molar-refractivity contribution is 5.91. The molecule has 1 aromatic heterocycles. The van der Waals surface area contributed by atoms with Crippen molar-refractivity contribution in [3.63, 3.8) is 0 Å². The molecule has 0 saturated carbocycles. The van der Waals surface area contributed by atoms with E-state index >= 15 is 0 Å². The molecule has 0 aliphatic carbocycles. The summed E-state index contributed by atoms with van der Waals surface area (Å²) in [5, 5.41) is 16.6. The zero-order valence-electron chi connectivity index (χ0n) is 11.9. The Labute approximate surface area is 122 Å². The number of rotatable bonds is 6. The fourth-order valence-corrected chi connectivity index (χ4v) is 2.54. The van der Waals surface area contributed by atoms with E-state index in [4.69, 9.17) is 9.15 Å². The van der Waals surface area contributed by atoms with Gasteiger partial charge < -0.3 is 19.8 Å². The van der Waals surface area contributed by atoms with Crippen molar-refractivity contribution in [1.82, 2.24) is 10.6 Å². The maximum Gasteiger partial charge on any atom is 0.433 e. The molecule has 2 heterocycles. The molecule has 21 heavy (non-hydrogen) atoms. The summed E-state index contributed by atoms with van der Waals surface area (Å²) in [6.45, 7) is 2.78. The van der Waals surface area contributed by atoms with E-state index in [1.54, 1.807) is 7.11 Å². The first-order valence-electron chi connectivity index (χ1n) is 6.78. The van der Waals surface area contributed by atoms with Crippen LogP contribution < -0.4 is 10.6 Å². The summed E-state index contributed by atoms with van der Waals surface area (Å²) in [5.41, 5.74) is -0.103. The van der Waals surface area contributed by atoms with Gasteiger partial charge in [0, 0.05) is 19.1 Å². The predicted octanol–water partition coefficient (Wildman–Crippen LogP) is 0.934. The Morgan fingerprint density at radius 3 is 2.81 bits per heavy atom. The molecule has 2 rings (SSSR count). The second-order valence-electron chi connectivity index (χ2n) is 5.26. The second kappa shape index (κ2) is 6.68. The third-order valence-corrected chi connectivity index (χ3v) is 3.73. The van der Waals surface area contributed by atoms with E-state index in [-0.39, 0.29) is 11.2 Å². The van der Waals surface area contributed by atoms with Crippen LogP contribution in [0, 0.1) is 15.5 Å². The van der Waals surface area contributed by atoms with E-state index in [0.29, 0.717) is 13.2 Å². The molecule has 8 nitrogen and oxygen atoms in total. The van der Waals surface area contributed by atoms with Gasteiger partial charge >= 0.3 is 5.88 Å². The zero-order valence-corrected chi connectivity index (χ0v) is 11.9. The standard InChI is InChI=1S/C13H19N3O5/c1-20-9-13(4-6-14-7-5-13)8-15-12(17)10-2-3-11(21-10)16(18)19/h2-3,14H,4-9H2,1H3,(H,15,17). The number of carbonyl (C=O) groups is 1. The van der Waals surface area contributed by atoms with Gasteiger partial charge in [-0.2, -0.15) is 0 Å². The van der Waals surface area contributed by atoms with Crippen molar-refractivity contribution in [2.75, 3.05) is 33.4 Å². The number of ether oxygens (including phenoxy) is 1. The van der Waals surface area contributed by atoms with Crippen molar-refractivity contribution in [3.8, 4) is 0 Å². The molecular formula is C13H19N3O5. The lowest BCUT2D eigenvalue weighted by molar-refractivity contribution is -0.402. The number of methoxy groups -OCH3 is 1. The molecule has 0 radical (unpaired) electrons. The highest BCUT2D eigenvalue weighted by Gasteiger charge is 2.33. The van der Waals surface area contributed by atoms with E-state index in [0.717, 1.165) is 25.9 Å². The van der Waals surface area contributed by atoms with Crippen LogP contribution in [0.3, 0.4) is 0 Å². The largest absolute Gasteiger partial charge is 0.433 e. The Kier molecular flexibility index (Phi) is 4.92. The first-order chi connectivity index (χ1) is 10.1. The molecule has 1 aromatic rings. The van der Waals surface area contributed by atoms with Gasteiger partial charge in [-0.05, 0) is 32.0 Å². The van der Waals surface area contributed by atoms with Gasteiger partial charge in [0.25, 0.3) is 5.91 Å². The van der Waals surface area contributed by atoms with E-state index in [1.807, 2.05) is 0 Å². The van der Waals surface area contributed by atoms with Crippen molar-refractivity contribution in [3.05, 3.63) is 28.0 Å². The van der Waals surface area contributed by atoms with Crippen molar-refractivity contribution in [2.45, 2.75) is 12.8 Å². The van der Waals surface area contributed by atoms with Crippen LogP contribution in [0.2, 0.25) is 0 Å². The number of amides is 1. The number of furan rings is 1. The molecule has 8 heteroatoms. The molecule has 116 valence electrons. The van der Waals surface area contributed by atoms with Gasteiger partial charge in [-0.15, -0.1) is 0 Å². The van der Waals surface area contributed by atoms with Crippen LogP contribution in [0.15, 0.2) is 16.5 Å². The van der Waals surface area contributed by atoms with Gasteiger partial charge in [-0.1, -0.05) is 0 Å². The first kappa shape index (κ1) is 15.5. The Morgan fingerprint density at radius 1 is 1.52 bits per heavy atom. The smallest absolute Gasteiger partial charge is 0.395 e. The molecule has 2 N–H and O–H groups in total. The summed E-state index contributed by atoms with van der Waals surface area (Å²) in [6, 6.07) is 2.48. The normalized spacial score (nSPS) is 17.4. The van der Waals surface area contributed by atoms with Gasteiger partial charge in [0.2, 0.25) is 0 Å². The van der Waals surface area contributed by atoms with Gasteiger partial charge in [0.1, 0.15) is 4.92 Å². The minimum atomic E-state index is -0.671. The highest BCUT2D eigenvalue weighted by atomic mass is 16.6. The SMILES string of the molecule is COCC1(CNC(=O)c2ccc([N+](=O)[O-])o2)CCNCC1. The van der Waals surface area contributed by atoms with Crippen molar-refractivity contribution >= 4 is 11.8 Å². The number of hydrogen-bond acceptors (Lipinski definition) is 6. The Hall–Kier alpha value is -1.93. The number of nitrogens with zero attached hydrogens (tertiary/aromatic N) is 1. The number of piperidine rings is 1. The highest BCUT2D eigenvalue weighted by Crippen LogP contribution is 2.28. The van der Waals surface area contributed by atoms with Crippen molar-refractivity contribution in [2.24, 2.45) is 5.41 Å². The molecule has 0 bridgehead atoms. The van der Waals surface area contributed by atoms with Crippen LogP contribution in [-0.4, -0.2) is 44.2 Å². The fraction of sp³-hybridized carbons (Fsp3) is 0.615. The predicted molar refractivity (Wildman–Crippen MR) is 74.1 cm³/mol. The lowest BCUT2D eigenvalue weighted by atomic mass is 9.79. The summed E-state index contributed by atoms with van der Waals surface area (Å²) in [7, 11) is 1.64. The Balaban J connectivity index is 1.96. The number of carbonyl (C=O) groups excluding carboxylic acids is 1. The minimum absolute atomic E-state index is 0.0526. The fourth-order valence-electron chi connectivity index (χ4n) is 2.54. The molecular weight excluding hydrogens is 278 g/mol. The number of hydrogen-bond donors (Lipinski definition) is 2. The summed E-state index contributed by atoms with van der Waals surface area (Å²) < 4.78 is 10.2. The molecule has 0 spiro atoms. The lowest BCUT2D eigenvalue weighted by Gasteiger charge is -2.37. The maximum atomic E-state index is 12.0. The Bertz CT molecular complexity index is 502. The van der Waals surface area contributed by atoms with E-state index in [9.17, 15) is 14.9 Å². The molecule has 1 aliphatic rings. The average Bonchev–Trinajstić information content (AvgIpc) is 2.96. The van der Waals surface area contributed by atoms with Crippen molar-refractivity contribution in [1.29, 1.82) is 0 Å². The molecule has 0 unspecified atom stereocenters. The number of nitrogens with one attached hydrogen (secondary N) is 2. The van der Waals surface area contributed by atoms with E-state index < -0.39 is 16.7 Å². The third-order valence-electron chi connectivity index (χ3n) is 3.73. The van der Waals surface area contributed by atoms with E-state index in [1.165, 1.54) is 12.1 Å². The molecule has 1 saturated heterocycles. The van der Waals surface area contributed by atoms with Gasteiger partial charge in [-0.3, -0.25) is 14.9 Å². The van der Waals surface area contributed by atoms with Crippen molar-refractivity contribution < 1.29 is 18.9 Å². The average molecular weight is 297 g/mol. The molecule has 0 atom stereocenters. The minimum Gasteiger partial charge on any atom is -0.395 e. The molecule has 0 aromatic carbocycles. The van der Waals surface area contributed by atoms with Gasteiger partial charge in [0.05, 0.1) is 12.7 Å². The Morgan fingerprint density at radius 2 is 2.24 bits per heavy atom. The van der Waals surface area contributed by atoms with Crippen LogP contribution in [0.25, 0.3) is 0 Å². The van der Waals surface area contributed by atoms with Crippen LogP contribution in [0.5, 0.6) is 0 Å². The zero-order chi connectivity index (χ0) is 15.3. The van der Waals surface area contributed by atoms with Crippen LogP contribution in [0.4, 0.5) is 5.88 Å². The van der Waals surface area contributed by atoms with Crippen LogP contribution in [-0.2, 0) is 4.74 Å². The summed E-state index contributed by atoms with van der Waals surface area (Å²) in [5.74, 6) is -0.936.